The van der Waals surface area contributed by atoms with Crippen LogP contribution < -0.4 is 4.74 Å². The van der Waals surface area contributed by atoms with E-state index < -0.39 is 5.97 Å². The number of rotatable bonds is 6. The first-order valence-corrected chi connectivity index (χ1v) is 9.44. The van der Waals surface area contributed by atoms with Crippen LogP contribution in [-0.4, -0.2) is 45.7 Å². The molecule has 1 amide bonds. The van der Waals surface area contributed by atoms with Crippen LogP contribution in [0.25, 0.3) is 0 Å². The maximum absolute atomic E-state index is 12.5. The summed E-state index contributed by atoms with van der Waals surface area (Å²) >= 11 is 0. The molecule has 1 aliphatic heterocycles. The number of piperidine rings is 1. The lowest BCUT2D eigenvalue weighted by atomic mass is 9.97. The zero-order valence-electron chi connectivity index (χ0n) is 16.4. The predicted octanol–water partition coefficient (Wildman–Crippen LogP) is 2.90. The molecule has 2 heterocycles. The minimum atomic E-state index is -0.505. The summed E-state index contributed by atoms with van der Waals surface area (Å²) < 4.78 is 15.9. The highest BCUT2D eigenvalue weighted by Crippen LogP contribution is 2.23. The summed E-state index contributed by atoms with van der Waals surface area (Å²) in [4.78, 5) is 26.5. The van der Waals surface area contributed by atoms with E-state index in [1.807, 2.05) is 4.90 Å². The van der Waals surface area contributed by atoms with Crippen LogP contribution >= 0.6 is 0 Å². The van der Waals surface area contributed by atoms with Crippen molar-refractivity contribution in [3.8, 4) is 5.75 Å². The van der Waals surface area contributed by atoms with Crippen LogP contribution in [0.1, 0.15) is 55.2 Å². The minimum absolute atomic E-state index is 0.0157. The zero-order chi connectivity index (χ0) is 20.1. The number of esters is 1. The smallest absolute Gasteiger partial charge is 0.338 e. The molecule has 2 atom stereocenters. The van der Waals surface area contributed by atoms with E-state index in [0.29, 0.717) is 17.2 Å². The fourth-order valence-corrected chi connectivity index (χ4v) is 3.43. The predicted molar refractivity (Wildman–Crippen MR) is 99.7 cm³/mol. The number of amides is 1. The van der Waals surface area contributed by atoms with Crippen molar-refractivity contribution in [2.45, 2.75) is 58.7 Å². The van der Waals surface area contributed by atoms with Crippen molar-refractivity contribution in [1.29, 1.82) is 0 Å². The molecule has 0 saturated carbocycles. The first-order chi connectivity index (χ1) is 13.4. The molecule has 1 fully saturated rings. The summed E-state index contributed by atoms with van der Waals surface area (Å²) in [6.45, 7) is 5.70. The molecule has 1 aliphatic rings. The first-order valence-electron chi connectivity index (χ1n) is 9.44. The van der Waals surface area contributed by atoms with Crippen molar-refractivity contribution in [3.63, 3.8) is 0 Å². The number of aryl methyl sites for hydroxylation is 1. The summed E-state index contributed by atoms with van der Waals surface area (Å²) in [5, 5.41) is 7.44. The van der Waals surface area contributed by atoms with Crippen molar-refractivity contribution >= 4 is 11.9 Å². The van der Waals surface area contributed by atoms with Crippen LogP contribution in [0.3, 0.4) is 0 Å². The largest absolute Gasteiger partial charge is 0.484 e. The Balaban J connectivity index is 1.49. The van der Waals surface area contributed by atoms with Gasteiger partial charge in [-0.25, -0.2) is 4.79 Å². The highest BCUT2D eigenvalue weighted by molar-refractivity contribution is 5.89. The van der Waals surface area contributed by atoms with Gasteiger partial charge >= 0.3 is 5.97 Å². The molecule has 2 unspecified atom stereocenters. The number of nitrogens with zero attached hydrogens (tertiary/aromatic N) is 3. The standard InChI is InChI=1S/C20H25N3O5/c1-13-5-4-6-14(2)23(13)19(24)12-26-17-9-7-16(8-10-17)20(25)27-11-18-22-21-15(3)28-18/h7-10,13-14H,4-6,11-12H2,1-3H3. The molecule has 150 valence electrons. The Morgan fingerprint density at radius 1 is 1.14 bits per heavy atom. The van der Waals surface area contributed by atoms with Crippen molar-refractivity contribution in [3.05, 3.63) is 41.6 Å². The van der Waals surface area contributed by atoms with Gasteiger partial charge in [-0.1, -0.05) is 0 Å². The van der Waals surface area contributed by atoms with Gasteiger partial charge in [0.05, 0.1) is 5.56 Å². The van der Waals surface area contributed by atoms with Gasteiger partial charge in [0.1, 0.15) is 5.75 Å². The monoisotopic (exact) mass is 387 g/mol. The Bertz CT molecular complexity index is 808. The highest BCUT2D eigenvalue weighted by Gasteiger charge is 2.28. The lowest BCUT2D eigenvalue weighted by molar-refractivity contribution is -0.139. The highest BCUT2D eigenvalue weighted by atomic mass is 16.5. The summed E-state index contributed by atoms with van der Waals surface area (Å²) in [6, 6.07) is 6.94. The van der Waals surface area contributed by atoms with Gasteiger partial charge in [0.2, 0.25) is 5.89 Å². The fourth-order valence-electron chi connectivity index (χ4n) is 3.43. The number of aromatic nitrogens is 2. The van der Waals surface area contributed by atoms with Gasteiger partial charge in [0.15, 0.2) is 13.2 Å². The second-order valence-corrected chi connectivity index (χ2v) is 7.03. The van der Waals surface area contributed by atoms with Gasteiger partial charge in [-0.3, -0.25) is 4.79 Å². The van der Waals surface area contributed by atoms with E-state index in [4.69, 9.17) is 13.9 Å². The summed E-state index contributed by atoms with van der Waals surface area (Å²) in [5.74, 6) is 0.656. The van der Waals surface area contributed by atoms with Crippen molar-refractivity contribution in [1.82, 2.24) is 15.1 Å². The van der Waals surface area contributed by atoms with Gasteiger partial charge in [-0.05, 0) is 57.4 Å². The Labute approximate surface area is 163 Å². The third kappa shape index (κ3) is 4.88. The SMILES string of the molecule is Cc1nnc(COC(=O)c2ccc(OCC(=O)N3C(C)CCCC3C)cc2)o1. The third-order valence-corrected chi connectivity index (χ3v) is 4.83. The average Bonchev–Trinajstić information content (AvgIpc) is 3.10. The molecule has 3 rings (SSSR count). The molecule has 0 bridgehead atoms. The van der Waals surface area contributed by atoms with E-state index in [1.54, 1.807) is 31.2 Å². The fraction of sp³-hybridized carbons (Fsp3) is 0.500. The number of hydrogen-bond acceptors (Lipinski definition) is 7. The Morgan fingerprint density at radius 2 is 1.82 bits per heavy atom. The average molecular weight is 387 g/mol. The molecule has 0 N–H and O–H groups in total. The maximum Gasteiger partial charge on any atom is 0.338 e. The Morgan fingerprint density at radius 3 is 2.43 bits per heavy atom. The summed E-state index contributed by atoms with van der Waals surface area (Å²) in [7, 11) is 0. The normalized spacial score (nSPS) is 19.3. The van der Waals surface area contributed by atoms with E-state index in [0.717, 1.165) is 19.3 Å². The number of carbonyl (C=O) groups is 2. The quantitative estimate of drug-likeness (QED) is 0.703. The van der Waals surface area contributed by atoms with Gasteiger partial charge in [-0.2, -0.15) is 0 Å². The molecule has 0 radical (unpaired) electrons. The summed E-state index contributed by atoms with van der Waals surface area (Å²) in [5.41, 5.74) is 0.369. The second kappa shape index (κ2) is 8.86. The van der Waals surface area contributed by atoms with Crippen LogP contribution in [0, 0.1) is 6.92 Å². The second-order valence-electron chi connectivity index (χ2n) is 7.03. The van der Waals surface area contributed by atoms with Gasteiger partial charge < -0.3 is 18.8 Å². The van der Waals surface area contributed by atoms with Crippen molar-refractivity contribution < 1.29 is 23.5 Å². The number of hydrogen-bond donors (Lipinski definition) is 0. The molecule has 2 aromatic rings. The van der Waals surface area contributed by atoms with Gasteiger partial charge in [0, 0.05) is 19.0 Å². The van der Waals surface area contributed by atoms with Crippen LogP contribution in [0.15, 0.2) is 28.7 Å². The molecule has 28 heavy (non-hydrogen) atoms. The summed E-state index contributed by atoms with van der Waals surface area (Å²) in [6.07, 6.45) is 3.20. The van der Waals surface area contributed by atoms with Crippen LogP contribution in [0.5, 0.6) is 5.75 Å². The van der Waals surface area contributed by atoms with E-state index in [2.05, 4.69) is 24.0 Å². The minimum Gasteiger partial charge on any atom is -0.484 e. The molecule has 1 saturated heterocycles. The molecule has 8 heteroatoms. The Kier molecular flexibility index (Phi) is 6.28. The lowest BCUT2D eigenvalue weighted by Gasteiger charge is -2.38. The van der Waals surface area contributed by atoms with E-state index in [1.165, 1.54) is 0 Å². The number of benzene rings is 1. The zero-order valence-corrected chi connectivity index (χ0v) is 16.4. The van der Waals surface area contributed by atoms with Gasteiger partial charge in [-0.15, -0.1) is 10.2 Å². The lowest BCUT2D eigenvalue weighted by Crippen LogP contribution is -2.49. The van der Waals surface area contributed by atoms with E-state index in [9.17, 15) is 9.59 Å². The molecule has 0 spiro atoms. The van der Waals surface area contributed by atoms with Gasteiger partial charge in [0.25, 0.3) is 11.8 Å². The van der Waals surface area contributed by atoms with E-state index >= 15 is 0 Å². The topological polar surface area (TPSA) is 94.8 Å². The number of ether oxygens (including phenoxy) is 2. The molecule has 0 aliphatic carbocycles. The first kappa shape index (κ1) is 19.9. The van der Waals surface area contributed by atoms with Crippen molar-refractivity contribution in [2.24, 2.45) is 0 Å². The molecular formula is C20H25N3O5. The number of carbonyl (C=O) groups excluding carboxylic acids is 2. The van der Waals surface area contributed by atoms with Crippen molar-refractivity contribution in [2.75, 3.05) is 6.61 Å². The Hall–Kier alpha value is -2.90. The maximum atomic E-state index is 12.5. The third-order valence-electron chi connectivity index (χ3n) is 4.83. The van der Waals surface area contributed by atoms with Crippen LogP contribution in [-0.2, 0) is 16.1 Å². The molecule has 1 aromatic carbocycles. The van der Waals surface area contributed by atoms with E-state index in [-0.39, 0.29) is 37.1 Å². The molecule has 1 aromatic heterocycles. The molecular weight excluding hydrogens is 362 g/mol. The number of likely N-dealkylation sites (tertiary alicyclic amines) is 1. The molecule has 8 nitrogen and oxygen atoms in total. The van der Waals surface area contributed by atoms with Crippen LogP contribution in [0.2, 0.25) is 0 Å². The van der Waals surface area contributed by atoms with Crippen LogP contribution in [0.4, 0.5) is 0 Å².